The monoisotopic (exact) mass is 202 g/mol. The van der Waals surface area contributed by atoms with E-state index in [9.17, 15) is 15.0 Å². The number of cyclic esters (lactones) is 1. The summed E-state index contributed by atoms with van der Waals surface area (Å²) >= 11 is 0. The fraction of sp³-hybridized carbons (Fsp3) is 0.667. The molecular formula is C9H14O5. The molecule has 1 unspecified atom stereocenters. The normalized spacial score (nSPS) is 33.2. The Bertz CT molecular complexity index is 292. The van der Waals surface area contributed by atoms with Crippen molar-refractivity contribution in [2.24, 2.45) is 0 Å². The summed E-state index contributed by atoms with van der Waals surface area (Å²) in [5, 5.41) is 28.3. The van der Waals surface area contributed by atoms with Crippen LogP contribution in [0, 0.1) is 0 Å². The van der Waals surface area contributed by atoms with Gasteiger partial charge < -0.3 is 20.1 Å². The van der Waals surface area contributed by atoms with Crippen molar-refractivity contribution in [1.82, 2.24) is 0 Å². The largest absolute Gasteiger partial charge is 0.502 e. The number of aliphatic hydroxyl groups excluding tert-OH is 2. The number of aliphatic hydroxyl groups is 3. The van der Waals surface area contributed by atoms with Gasteiger partial charge in [-0.05, 0) is 20.8 Å². The molecule has 0 radical (unpaired) electrons. The lowest BCUT2D eigenvalue weighted by atomic mass is 9.82. The Balaban J connectivity index is 3.05. The minimum atomic E-state index is -1.65. The first kappa shape index (κ1) is 11.0. The first-order valence-electron chi connectivity index (χ1n) is 4.26. The van der Waals surface area contributed by atoms with E-state index in [1.807, 2.05) is 0 Å². The van der Waals surface area contributed by atoms with E-state index in [1.54, 1.807) is 0 Å². The van der Waals surface area contributed by atoms with Crippen molar-refractivity contribution in [2.45, 2.75) is 38.1 Å². The van der Waals surface area contributed by atoms with Gasteiger partial charge in [0.2, 0.25) is 5.76 Å². The summed E-state index contributed by atoms with van der Waals surface area (Å²) in [6.45, 7) is 4.13. The zero-order chi connectivity index (χ0) is 11.1. The molecule has 0 fully saturated rings. The van der Waals surface area contributed by atoms with Gasteiger partial charge in [0.05, 0.1) is 6.10 Å². The molecule has 0 aromatic heterocycles. The smallest absolute Gasteiger partial charge is 0.374 e. The average Bonchev–Trinajstić information content (AvgIpc) is 2.27. The first-order chi connectivity index (χ1) is 6.21. The van der Waals surface area contributed by atoms with Gasteiger partial charge in [0, 0.05) is 6.08 Å². The molecular weight excluding hydrogens is 188 g/mol. The van der Waals surface area contributed by atoms with Crippen LogP contribution in [0.1, 0.15) is 20.8 Å². The molecule has 0 aromatic carbocycles. The van der Waals surface area contributed by atoms with Crippen LogP contribution in [-0.2, 0) is 9.53 Å². The molecule has 1 heterocycles. The maximum absolute atomic E-state index is 10.9. The Morgan fingerprint density at radius 2 is 2.14 bits per heavy atom. The molecule has 0 saturated carbocycles. The van der Waals surface area contributed by atoms with Crippen molar-refractivity contribution in [3.05, 3.63) is 11.8 Å². The highest BCUT2D eigenvalue weighted by atomic mass is 16.6. The fourth-order valence-corrected chi connectivity index (χ4v) is 1.26. The standard InChI is InChI=1S/C9H14O5/c1-5(10)9(3,13)8(2)4-6(11)7(12)14-8/h4-5,10-11,13H,1-3H3/t5-,8?,9-/m0/s1. The van der Waals surface area contributed by atoms with Crippen molar-refractivity contribution >= 4 is 5.97 Å². The highest BCUT2D eigenvalue weighted by Gasteiger charge is 2.52. The molecule has 0 aromatic rings. The molecule has 0 spiro atoms. The Hall–Kier alpha value is -1.07. The highest BCUT2D eigenvalue weighted by molar-refractivity contribution is 5.89. The quantitative estimate of drug-likeness (QED) is 0.543. The molecule has 1 aliphatic rings. The lowest BCUT2D eigenvalue weighted by Gasteiger charge is -2.38. The zero-order valence-electron chi connectivity index (χ0n) is 8.31. The summed E-state index contributed by atoms with van der Waals surface area (Å²) in [4.78, 5) is 10.9. The van der Waals surface area contributed by atoms with Gasteiger partial charge in [-0.2, -0.15) is 0 Å². The molecule has 0 saturated heterocycles. The fourth-order valence-electron chi connectivity index (χ4n) is 1.26. The van der Waals surface area contributed by atoms with Gasteiger partial charge >= 0.3 is 5.97 Å². The van der Waals surface area contributed by atoms with Crippen LogP contribution in [0.15, 0.2) is 11.8 Å². The summed E-state index contributed by atoms with van der Waals surface area (Å²) in [7, 11) is 0. The van der Waals surface area contributed by atoms with Gasteiger partial charge in [0.25, 0.3) is 0 Å². The van der Waals surface area contributed by atoms with Gasteiger partial charge in [-0.25, -0.2) is 4.79 Å². The van der Waals surface area contributed by atoms with Crippen molar-refractivity contribution in [2.75, 3.05) is 0 Å². The predicted octanol–water partition coefficient (Wildman–Crippen LogP) is -0.124. The van der Waals surface area contributed by atoms with Crippen LogP contribution in [0.5, 0.6) is 0 Å². The maximum Gasteiger partial charge on any atom is 0.374 e. The Labute approximate surface area is 81.6 Å². The summed E-state index contributed by atoms with van der Waals surface area (Å²) in [5.41, 5.74) is -3.05. The topological polar surface area (TPSA) is 87.0 Å². The summed E-state index contributed by atoms with van der Waals surface area (Å²) in [6.07, 6.45) is 0.00431. The van der Waals surface area contributed by atoms with Crippen LogP contribution in [0.25, 0.3) is 0 Å². The van der Waals surface area contributed by atoms with Gasteiger partial charge in [0.1, 0.15) is 5.60 Å². The average molecular weight is 202 g/mol. The minimum Gasteiger partial charge on any atom is -0.502 e. The van der Waals surface area contributed by atoms with Crippen LogP contribution in [0.4, 0.5) is 0 Å². The van der Waals surface area contributed by atoms with E-state index in [0.29, 0.717) is 0 Å². The second kappa shape index (κ2) is 2.96. The molecule has 80 valence electrons. The number of esters is 1. The van der Waals surface area contributed by atoms with Crippen molar-refractivity contribution in [3.8, 4) is 0 Å². The van der Waals surface area contributed by atoms with E-state index >= 15 is 0 Å². The predicted molar refractivity (Wildman–Crippen MR) is 47.5 cm³/mol. The molecule has 0 aliphatic carbocycles. The third kappa shape index (κ3) is 1.38. The summed E-state index contributed by atoms with van der Waals surface area (Å²) in [5.74, 6) is -1.44. The number of rotatable bonds is 2. The molecule has 1 rings (SSSR count). The van der Waals surface area contributed by atoms with E-state index in [1.165, 1.54) is 20.8 Å². The molecule has 3 atom stereocenters. The highest BCUT2D eigenvalue weighted by Crippen LogP contribution is 2.35. The third-order valence-corrected chi connectivity index (χ3v) is 2.74. The summed E-state index contributed by atoms with van der Waals surface area (Å²) < 4.78 is 4.80. The van der Waals surface area contributed by atoms with Crippen LogP contribution in [0.3, 0.4) is 0 Å². The molecule has 5 heteroatoms. The number of carbonyl (C=O) groups excluding carboxylic acids is 1. The van der Waals surface area contributed by atoms with E-state index < -0.39 is 29.0 Å². The lowest BCUT2D eigenvalue weighted by Crippen LogP contribution is -2.56. The Morgan fingerprint density at radius 1 is 1.64 bits per heavy atom. The second-order valence-corrected chi connectivity index (χ2v) is 3.85. The van der Waals surface area contributed by atoms with E-state index in [2.05, 4.69) is 0 Å². The molecule has 1 aliphatic heterocycles. The number of hydrogen-bond acceptors (Lipinski definition) is 5. The number of carbonyl (C=O) groups is 1. The molecule has 0 bridgehead atoms. The van der Waals surface area contributed by atoms with Crippen LogP contribution in [0.2, 0.25) is 0 Å². The van der Waals surface area contributed by atoms with Gasteiger partial charge in [-0.1, -0.05) is 0 Å². The van der Waals surface area contributed by atoms with E-state index in [-0.39, 0.29) is 0 Å². The second-order valence-electron chi connectivity index (χ2n) is 3.85. The van der Waals surface area contributed by atoms with Crippen LogP contribution in [-0.4, -0.2) is 38.6 Å². The SMILES string of the molecule is C[C@H](O)[C@](C)(O)C1(C)C=C(O)C(=O)O1. The van der Waals surface area contributed by atoms with Gasteiger partial charge in [-0.15, -0.1) is 0 Å². The van der Waals surface area contributed by atoms with Gasteiger partial charge in [-0.3, -0.25) is 0 Å². The van der Waals surface area contributed by atoms with Gasteiger partial charge in [0.15, 0.2) is 5.60 Å². The molecule has 0 amide bonds. The maximum atomic E-state index is 10.9. The molecule has 14 heavy (non-hydrogen) atoms. The Kier molecular flexibility index (Phi) is 2.33. The number of ether oxygens (including phenoxy) is 1. The first-order valence-corrected chi connectivity index (χ1v) is 4.26. The van der Waals surface area contributed by atoms with E-state index in [4.69, 9.17) is 9.84 Å². The lowest BCUT2D eigenvalue weighted by molar-refractivity contribution is -0.186. The van der Waals surface area contributed by atoms with Crippen molar-refractivity contribution in [1.29, 1.82) is 0 Å². The molecule has 5 nitrogen and oxygen atoms in total. The van der Waals surface area contributed by atoms with Crippen molar-refractivity contribution < 1.29 is 24.9 Å². The van der Waals surface area contributed by atoms with Crippen LogP contribution < -0.4 is 0 Å². The van der Waals surface area contributed by atoms with Crippen LogP contribution >= 0.6 is 0 Å². The summed E-state index contributed by atoms with van der Waals surface area (Å²) in [6, 6.07) is 0. The molecule has 3 N–H and O–H groups in total. The Morgan fingerprint density at radius 3 is 2.43 bits per heavy atom. The minimum absolute atomic E-state index is 0.548. The number of hydrogen-bond donors (Lipinski definition) is 3. The third-order valence-electron chi connectivity index (χ3n) is 2.74. The van der Waals surface area contributed by atoms with Crippen molar-refractivity contribution in [3.63, 3.8) is 0 Å². The van der Waals surface area contributed by atoms with E-state index in [0.717, 1.165) is 6.08 Å². The zero-order valence-corrected chi connectivity index (χ0v) is 8.31.